The number of amides is 3. The predicted octanol–water partition coefficient (Wildman–Crippen LogP) is 2.53. The van der Waals surface area contributed by atoms with E-state index < -0.39 is 5.41 Å². The lowest BCUT2D eigenvalue weighted by molar-refractivity contribution is -0.128. The molecule has 0 heterocycles. The second kappa shape index (κ2) is 7.47. The van der Waals surface area contributed by atoms with Crippen LogP contribution in [0.1, 0.15) is 40.0 Å². The lowest BCUT2D eigenvalue weighted by Crippen LogP contribution is -2.36. The highest BCUT2D eigenvalue weighted by Gasteiger charge is 2.29. The molecule has 0 aromatic heterocycles. The molecule has 2 rings (SSSR count). The van der Waals surface area contributed by atoms with E-state index in [1.807, 2.05) is 20.8 Å². The molecular formula is C18H25N3O3. The Morgan fingerprint density at radius 3 is 2.04 bits per heavy atom. The number of rotatable bonds is 6. The Labute approximate surface area is 142 Å². The summed E-state index contributed by atoms with van der Waals surface area (Å²) in [5, 5.41) is 8.35. The predicted molar refractivity (Wildman–Crippen MR) is 93.5 cm³/mol. The summed E-state index contributed by atoms with van der Waals surface area (Å²) in [6, 6.07) is 7.01. The number of anilines is 2. The van der Waals surface area contributed by atoms with E-state index in [1.165, 1.54) is 0 Å². The van der Waals surface area contributed by atoms with Gasteiger partial charge in [0.05, 0.1) is 0 Å². The Kier molecular flexibility index (Phi) is 5.59. The molecule has 0 atom stereocenters. The highest BCUT2D eigenvalue weighted by molar-refractivity contribution is 5.95. The van der Waals surface area contributed by atoms with Crippen molar-refractivity contribution >= 4 is 29.1 Å². The molecule has 130 valence electrons. The van der Waals surface area contributed by atoms with Crippen LogP contribution in [0.3, 0.4) is 0 Å². The Hall–Kier alpha value is -2.37. The smallest absolute Gasteiger partial charge is 0.227 e. The molecule has 1 aliphatic rings. The van der Waals surface area contributed by atoms with Crippen molar-refractivity contribution in [2.75, 3.05) is 17.2 Å². The minimum Gasteiger partial charge on any atom is -0.355 e. The zero-order chi connectivity index (χ0) is 17.7. The fourth-order valence-electron chi connectivity index (χ4n) is 2.00. The van der Waals surface area contributed by atoms with Gasteiger partial charge in [0.25, 0.3) is 0 Å². The Morgan fingerprint density at radius 1 is 1.00 bits per heavy atom. The Morgan fingerprint density at radius 2 is 1.54 bits per heavy atom. The van der Waals surface area contributed by atoms with E-state index in [2.05, 4.69) is 16.0 Å². The summed E-state index contributed by atoms with van der Waals surface area (Å²) in [5.41, 5.74) is 0.922. The number of hydrogen-bond acceptors (Lipinski definition) is 3. The van der Waals surface area contributed by atoms with E-state index in [9.17, 15) is 14.4 Å². The van der Waals surface area contributed by atoms with Crippen LogP contribution in [0.15, 0.2) is 24.3 Å². The Bertz CT molecular complexity index is 613. The second-order valence-electron chi connectivity index (χ2n) is 7.14. The number of benzene rings is 1. The van der Waals surface area contributed by atoms with Gasteiger partial charge in [-0.25, -0.2) is 0 Å². The van der Waals surface area contributed by atoms with E-state index in [0.29, 0.717) is 12.2 Å². The van der Waals surface area contributed by atoms with Crippen molar-refractivity contribution in [2.24, 2.45) is 11.3 Å². The second-order valence-corrected chi connectivity index (χ2v) is 7.14. The van der Waals surface area contributed by atoms with Gasteiger partial charge in [-0.1, -0.05) is 20.8 Å². The maximum absolute atomic E-state index is 11.9. The lowest BCUT2D eigenvalue weighted by atomic mass is 9.96. The summed E-state index contributed by atoms with van der Waals surface area (Å²) < 4.78 is 0. The first kappa shape index (κ1) is 18.0. The van der Waals surface area contributed by atoms with Crippen molar-refractivity contribution in [2.45, 2.75) is 40.0 Å². The molecule has 1 aliphatic carbocycles. The molecular weight excluding hydrogens is 306 g/mol. The van der Waals surface area contributed by atoms with Crippen LogP contribution in [0.4, 0.5) is 11.4 Å². The van der Waals surface area contributed by atoms with E-state index in [1.54, 1.807) is 24.3 Å². The summed E-state index contributed by atoms with van der Waals surface area (Å²) in [6.45, 7) is 5.78. The third-order valence-electron chi connectivity index (χ3n) is 3.70. The first-order valence-electron chi connectivity index (χ1n) is 8.25. The Balaban J connectivity index is 1.73. The fraction of sp³-hybridized carbons (Fsp3) is 0.500. The molecule has 0 radical (unpaired) electrons. The molecule has 1 fully saturated rings. The quantitative estimate of drug-likeness (QED) is 0.748. The number of nitrogens with one attached hydrogen (secondary N) is 3. The molecule has 1 aromatic carbocycles. The average molecular weight is 331 g/mol. The van der Waals surface area contributed by atoms with Gasteiger partial charge in [-0.2, -0.15) is 0 Å². The van der Waals surface area contributed by atoms with Crippen molar-refractivity contribution in [3.8, 4) is 0 Å². The zero-order valence-corrected chi connectivity index (χ0v) is 14.4. The van der Waals surface area contributed by atoms with Crippen LogP contribution in [0.25, 0.3) is 0 Å². The van der Waals surface area contributed by atoms with Gasteiger partial charge in [-0.3, -0.25) is 14.4 Å². The van der Waals surface area contributed by atoms with Crippen LogP contribution < -0.4 is 16.0 Å². The highest BCUT2D eigenvalue weighted by Crippen LogP contribution is 2.30. The molecule has 3 N–H and O–H groups in total. The van der Waals surface area contributed by atoms with Crippen LogP contribution in [0, 0.1) is 11.3 Å². The number of carbonyl (C=O) groups excluding carboxylic acids is 3. The summed E-state index contributed by atoms with van der Waals surface area (Å²) in [6.07, 6.45) is 2.14. The van der Waals surface area contributed by atoms with Crippen LogP contribution in [0.2, 0.25) is 0 Å². The van der Waals surface area contributed by atoms with Crippen molar-refractivity contribution in [3.63, 3.8) is 0 Å². The van der Waals surface area contributed by atoms with Crippen LogP contribution >= 0.6 is 0 Å². The maximum Gasteiger partial charge on any atom is 0.227 e. The lowest BCUT2D eigenvalue weighted by Gasteiger charge is -2.17. The van der Waals surface area contributed by atoms with E-state index in [0.717, 1.165) is 18.5 Å². The van der Waals surface area contributed by atoms with Gasteiger partial charge in [-0.15, -0.1) is 0 Å². The van der Waals surface area contributed by atoms with Gasteiger partial charge < -0.3 is 16.0 Å². The normalized spacial score (nSPS) is 14.0. The molecule has 6 heteroatoms. The van der Waals surface area contributed by atoms with Gasteiger partial charge in [0.1, 0.15) is 0 Å². The third kappa shape index (κ3) is 5.68. The topological polar surface area (TPSA) is 87.3 Å². The molecule has 1 saturated carbocycles. The molecule has 0 unspecified atom stereocenters. The molecule has 24 heavy (non-hydrogen) atoms. The van der Waals surface area contributed by atoms with E-state index in [-0.39, 0.29) is 30.1 Å². The fourth-order valence-corrected chi connectivity index (χ4v) is 2.00. The monoisotopic (exact) mass is 331 g/mol. The van der Waals surface area contributed by atoms with Crippen molar-refractivity contribution in [1.82, 2.24) is 5.32 Å². The average Bonchev–Trinajstić information content (AvgIpc) is 3.33. The van der Waals surface area contributed by atoms with Gasteiger partial charge in [0, 0.05) is 35.7 Å². The number of carbonyl (C=O) groups is 3. The SMILES string of the molecule is CC(C)(C)C(=O)NCCC(=O)Nc1ccc(NC(=O)C2CC2)cc1. The largest absolute Gasteiger partial charge is 0.355 e. The van der Waals surface area contributed by atoms with Crippen molar-refractivity contribution < 1.29 is 14.4 Å². The summed E-state index contributed by atoms with van der Waals surface area (Å²) >= 11 is 0. The van der Waals surface area contributed by atoms with Crippen LogP contribution in [-0.2, 0) is 14.4 Å². The zero-order valence-electron chi connectivity index (χ0n) is 14.4. The van der Waals surface area contributed by atoms with E-state index in [4.69, 9.17) is 0 Å². The van der Waals surface area contributed by atoms with Gasteiger partial charge >= 0.3 is 0 Å². The summed E-state index contributed by atoms with van der Waals surface area (Å²) in [7, 11) is 0. The number of hydrogen-bond donors (Lipinski definition) is 3. The summed E-state index contributed by atoms with van der Waals surface area (Å²) in [5.74, 6) is -0.0286. The standard InChI is InChI=1S/C18H25N3O3/c1-18(2,3)17(24)19-11-10-15(22)20-13-6-8-14(9-7-13)21-16(23)12-4-5-12/h6-9,12H,4-5,10-11H2,1-3H3,(H,19,24)(H,20,22)(H,21,23). The minimum absolute atomic E-state index is 0.0568. The van der Waals surface area contributed by atoms with Crippen molar-refractivity contribution in [3.05, 3.63) is 24.3 Å². The van der Waals surface area contributed by atoms with Crippen molar-refractivity contribution in [1.29, 1.82) is 0 Å². The first-order valence-corrected chi connectivity index (χ1v) is 8.25. The summed E-state index contributed by atoms with van der Waals surface area (Å²) in [4.78, 5) is 35.2. The molecule has 3 amide bonds. The minimum atomic E-state index is -0.461. The third-order valence-corrected chi connectivity index (χ3v) is 3.70. The van der Waals surface area contributed by atoms with Crippen LogP contribution in [0.5, 0.6) is 0 Å². The van der Waals surface area contributed by atoms with Crippen LogP contribution in [-0.4, -0.2) is 24.3 Å². The molecule has 0 aliphatic heterocycles. The van der Waals surface area contributed by atoms with Gasteiger partial charge in [-0.05, 0) is 37.1 Å². The maximum atomic E-state index is 11.9. The highest BCUT2D eigenvalue weighted by atomic mass is 16.2. The first-order chi connectivity index (χ1) is 11.3. The molecule has 0 saturated heterocycles. The molecule has 6 nitrogen and oxygen atoms in total. The molecule has 1 aromatic rings. The van der Waals surface area contributed by atoms with Gasteiger partial charge in [0.15, 0.2) is 0 Å². The molecule has 0 bridgehead atoms. The van der Waals surface area contributed by atoms with E-state index >= 15 is 0 Å². The van der Waals surface area contributed by atoms with Gasteiger partial charge in [0.2, 0.25) is 17.7 Å². The molecule has 0 spiro atoms.